The van der Waals surface area contributed by atoms with Crippen LogP contribution in [0.1, 0.15) is 18.1 Å². The molecular weight excluding hydrogens is 210 g/mol. The average molecular weight is 226 g/mol. The molecule has 1 aromatic rings. The van der Waals surface area contributed by atoms with Crippen LogP contribution in [0.3, 0.4) is 0 Å². The predicted octanol–water partition coefficient (Wildman–Crippen LogP) is 2.54. The maximum absolute atomic E-state index is 9.78. The molecule has 3 heteroatoms. The second kappa shape index (κ2) is 6.62. The van der Waals surface area contributed by atoms with Gasteiger partial charge in [-0.2, -0.15) is 0 Å². The van der Waals surface area contributed by atoms with E-state index in [1.165, 1.54) is 0 Å². The molecule has 0 spiro atoms. The van der Waals surface area contributed by atoms with E-state index in [0.29, 0.717) is 11.6 Å². The number of aliphatic hydroxyl groups excluding tert-OH is 1. The number of nitrogens with one attached hydrogen (secondary N) is 1. The Kier molecular flexibility index (Phi) is 5.40. The molecular formula is C12H16ClNO. The van der Waals surface area contributed by atoms with E-state index in [1.807, 2.05) is 18.2 Å². The van der Waals surface area contributed by atoms with Crippen molar-refractivity contribution in [2.24, 2.45) is 0 Å². The third-order valence-electron chi connectivity index (χ3n) is 2.12. The standard InChI is InChI=1S/C12H16ClNO/c1-2-3-8-14-9-12(15)10-4-6-11(13)7-5-10/h2,4-7,12,14-15H,1,3,8-9H2. The molecule has 2 nitrogen and oxygen atoms in total. The van der Waals surface area contributed by atoms with Crippen molar-refractivity contribution in [2.75, 3.05) is 13.1 Å². The topological polar surface area (TPSA) is 32.3 Å². The third kappa shape index (κ3) is 4.47. The molecule has 1 aromatic carbocycles. The van der Waals surface area contributed by atoms with Gasteiger partial charge < -0.3 is 10.4 Å². The summed E-state index contributed by atoms with van der Waals surface area (Å²) in [6.45, 7) is 5.02. The number of benzene rings is 1. The summed E-state index contributed by atoms with van der Waals surface area (Å²) in [5, 5.41) is 13.6. The molecule has 0 radical (unpaired) electrons. The highest BCUT2D eigenvalue weighted by Crippen LogP contribution is 2.15. The minimum atomic E-state index is -0.480. The van der Waals surface area contributed by atoms with Crippen molar-refractivity contribution in [3.05, 3.63) is 47.5 Å². The Morgan fingerprint density at radius 1 is 1.40 bits per heavy atom. The number of aliphatic hydroxyl groups is 1. The lowest BCUT2D eigenvalue weighted by Gasteiger charge is -2.11. The summed E-state index contributed by atoms with van der Waals surface area (Å²) in [6.07, 6.45) is 2.28. The zero-order valence-corrected chi connectivity index (χ0v) is 9.37. The summed E-state index contributed by atoms with van der Waals surface area (Å²) < 4.78 is 0. The molecule has 0 fully saturated rings. The van der Waals surface area contributed by atoms with Crippen LogP contribution < -0.4 is 5.32 Å². The first-order valence-electron chi connectivity index (χ1n) is 4.99. The molecule has 1 rings (SSSR count). The van der Waals surface area contributed by atoms with Crippen LogP contribution in [-0.4, -0.2) is 18.2 Å². The molecule has 0 aliphatic heterocycles. The summed E-state index contributed by atoms with van der Waals surface area (Å²) in [6, 6.07) is 7.23. The quantitative estimate of drug-likeness (QED) is 0.576. The summed E-state index contributed by atoms with van der Waals surface area (Å²) in [7, 11) is 0. The van der Waals surface area contributed by atoms with Crippen LogP contribution in [0.15, 0.2) is 36.9 Å². The highest BCUT2D eigenvalue weighted by Gasteiger charge is 2.05. The Hall–Kier alpha value is -0.830. The molecule has 0 aliphatic carbocycles. The van der Waals surface area contributed by atoms with Crippen LogP contribution >= 0.6 is 11.6 Å². The fraction of sp³-hybridized carbons (Fsp3) is 0.333. The first kappa shape index (κ1) is 12.2. The zero-order valence-electron chi connectivity index (χ0n) is 8.62. The average Bonchev–Trinajstić information content (AvgIpc) is 2.25. The van der Waals surface area contributed by atoms with Gasteiger partial charge in [-0.25, -0.2) is 0 Å². The molecule has 0 saturated heterocycles. The second-order valence-electron chi connectivity index (χ2n) is 3.35. The van der Waals surface area contributed by atoms with Gasteiger partial charge in [0.25, 0.3) is 0 Å². The van der Waals surface area contributed by atoms with Gasteiger partial charge in [0.1, 0.15) is 0 Å². The Morgan fingerprint density at radius 3 is 2.67 bits per heavy atom. The summed E-state index contributed by atoms with van der Waals surface area (Å²) in [4.78, 5) is 0. The predicted molar refractivity (Wildman–Crippen MR) is 64.1 cm³/mol. The lowest BCUT2D eigenvalue weighted by Crippen LogP contribution is -2.22. The van der Waals surface area contributed by atoms with Crippen LogP contribution in [0, 0.1) is 0 Å². The minimum Gasteiger partial charge on any atom is -0.387 e. The van der Waals surface area contributed by atoms with Gasteiger partial charge >= 0.3 is 0 Å². The van der Waals surface area contributed by atoms with E-state index in [-0.39, 0.29) is 0 Å². The highest BCUT2D eigenvalue weighted by molar-refractivity contribution is 6.30. The van der Waals surface area contributed by atoms with E-state index in [0.717, 1.165) is 18.5 Å². The van der Waals surface area contributed by atoms with E-state index in [9.17, 15) is 5.11 Å². The largest absolute Gasteiger partial charge is 0.387 e. The first-order valence-corrected chi connectivity index (χ1v) is 5.37. The van der Waals surface area contributed by atoms with Gasteiger partial charge in [-0.3, -0.25) is 0 Å². The smallest absolute Gasteiger partial charge is 0.0914 e. The summed E-state index contributed by atoms with van der Waals surface area (Å²) >= 11 is 5.75. The molecule has 0 aromatic heterocycles. The first-order chi connectivity index (χ1) is 7.24. The van der Waals surface area contributed by atoms with Crippen molar-refractivity contribution in [3.8, 4) is 0 Å². The van der Waals surface area contributed by atoms with Gasteiger partial charge in [-0.15, -0.1) is 6.58 Å². The lowest BCUT2D eigenvalue weighted by atomic mass is 10.1. The van der Waals surface area contributed by atoms with Gasteiger partial charge in [0, 0.05) is 11.6 Å². The second-order valence-corrected chi connectivity index (χ2v) is 3.79. The maximum Gasteiger partial charge on any atom is 0.0914 e. The SMILES string of the molecule is C=CCCNCC(O)c1ccc(Cl)cc1. The number of halogens is 1. The van der Waals surface area contributed by atoms with Gasteiger partial charge in [0.2, 0.25) is 0 Å². The Bertz CT molecular complexity index is 297. The number of hydrogen-bond acceptors (Lipinski definition) is 2. The van der Waals surface area contributed by atoms with Crippen molar-refractivity contribution in [1.29, 1.82) is 0 Å². The van der Waals surface area contributed by atoms with Crippen LogP contribution in [0.4, 0.5) is 0 Å². The van der Waals surface area contributed by atoms with E-state index in [1.54, 1.807) is 12.1 Å². The van der Waals surface area contributed by atoms with Crippen LogP contribution in [0.2, 0.25) is 5.02 Å². The number of rotatable bonds is 6. The highest BCUT2D eigenvalue weighted by atomic mass is 35.5. The van der Waals surface area contributed by atoms with Crippen LogP contribution in [0.5, 0.6) is 0 Å². The van der Waals surface area contributed by atoms with Gasteiger partial charge in [0.15, 0.2) is 0 Å². The summed E-state index contributed by atoms with van der Waals surface area (Å²) in [5.74, 6) is 0. The monoisotopic (exact) mass is 225 g/mol. The molecule has 1 atom stereocenters. The van der Waals surface area contributed by atoms with Gasteiger partial charge in [-0.1, -0.05) is 29.8 Å². The van der Waals surface area contributed by atoms with E-state index in [2.05, 4.69) is 11.9 Å². The number of hydrogen-bond donors (Lipinski definition) is 2. The third-order valence-corrected chi connectivity index (χ3v) is 2.37. The Labute approximate surface area is 95.6 Å². The van der Waals surface area contributed by atoms with Gasteiger partial charge in [-0.05, 0) is 30.7 Å². The molecule has 0 bridgehead atoms. The Balaban J connectivity index is 2.36. The van der Waals surface area contributed by atoms with Crippen LogP contribution in [-0.2, 0) is 0 Å². The molecule has 15 heavy (non-hydrogen) atoms. The fourth-order valence-corrected chi connectivity index (χ4v) is 1.37. The van der Waals surface area contributed by atoms with E-state index < -0.39 is 6.10 Å². The van der Waals surface area contributed by atoms with Crippen molar-refractivity contribution >= 4 is 11.6 Å². The van der Waals surface area contributed by atoms with Crippen molar-refractivity contribution in [1.82, 2.24) is 5.32 Å². The zero-order chi connectivity index (χ0) is 11.1. The van der Waals surface area contributed by atoms with Crippen molar-refractivity contribution < 1.29 is 5.11 Å². The van der Waals surface area contributed by atoms with E-state index in [4.69, 9.17) is 11.6 Å². The minimum absolute atomic E-state index is 0.480. The normalized spacial score (nSPS) is 12.4. The molecule has 0 aliphatic rings. The lowest BCUT2D eigenvalue weighted by molar-refractivity contribution is 0.175. The summed E-state index contributed by atoms with van der Waals surface area (Å²) in [5.41, 5.74) is 0.880. The van der Waals surface area contributed by atoms with Crippen molar-refractivity contribution in [3.63, 3.8) is 0 Å². The molecule has 0 amide bonds. The van der Waals surface area contributed by atoms with E-state index >= 15 is 0 Å². The van der Waals surface area contributed by atoms with Crippen LogP contribution in [0.25, 0.3) is 0 Å². The molecule has 2 N–H and O–H groups in total. The molecule has 0 saturated carbocycles. The molecule has 0 heterocycles. The van der Waals surface area contributed by atoms with Crippen molar-refractivity contribution in [2.45, 2.75) is 12.5 Å². The maximum atomic E-state index is 9.78. The molecule has 82 valence electrons. The fourth-order valence-electron chi connectivity index (χ4n) is 1.25. The molecule has 1 unspecified atom stereocenters. The Morgan fingerprint density at radius 2 is 2.07 bits per heavy atom. The van der Waals surface area contributed by atoms with Gasteiger partial charge in [0.05, 0.1) is 6.10 Å².